The van der Waals surface area contributed by atoms with Crippen molar-refractivity contribution in [3.05, 3.63) is 48.0 Å². The molecular weight excluding hydrogens is 453 g/mol. The van der Waals surface area contributed by atoms with E-state index < -0.39 is 6.36 Å². The molecule has 1 aromatic carbocycles. The summed E-state index contributed by atoms with van der Waals surface area (Å²) in [6, 6.07) is 5.87. The Labute approximate surface area is 196 Å². The Bertz CT molecular complexity index is 944. The van der Waals surface area contributed by atoms with Gasteiger partial charge in [0.05, 0.1) is 31.8 Å². The molecule has 2 fully saturated rings. The predicted molar refractivity (Wildman–Crippen MR) is 117 cm³/mol. The van der Waals surface area contributed by atoms with Crippen LogP contribution in [0.4, 0.5) is 18.0 Å². The van der Waals surface area contributed by atoms with Gasteiger partial charge in [0, 0.05) is 57.9 Å². The van der Waals surface area contributed by atoms with E-state index in [4.69, 9.17) is 9.47 Å². The highest BCUT2D eigenvalue weighted by Crippen LogP contribution is 2.36. The first-order valence-corrected chi connectivity index (χ1v) is 11.3. The van der Waals surface area contributed by atoms with Gasteiger partial charge in [-0.2, -0.15) is 0 Å². The third-order valence-electron chi connectivity index (χ3n) is 6.21. The van der Waals surface area contributed by atoms with Gasteiger partial charge in [-0.1, -0.05) is 12.1 Å². The van der Waals surface area contributed by atoms with Crippen molar-refractivity contribution in [2.45, 2.75) is 31.2 Å². The number of benzene rings is 1. The van der Waals surface area contributed by atoms with Crippen LogP contribution >= 0.6 is 0 Å². The smallest absolute Gasteiger partial charge is 0.406 e. The van der Waals surface area contributed by atoms with Crippen LogP contribution in [0.25, 0.3) is 0 Å². The Morgan fingerprint density at radius 2 is 1.82 bits per heavy atom. The fraction of sp³-hybridized carbons (Fsp3) is 0.565. The van der Waals surface area contributed by atoms with Crippen LogP contribution in [0.15, 0.2) is 36.8 Å². The number of likely N-dealkylation sites (tertiary alicyclic amines) is 1. The number of hydrogen-bond donors (Lipinski definition) is 0. The molecule has 2 aromatic rings. The second kappa shape index (κ2) is 10.6. The largest absolute Gasteiger partial charge is 0.573 e. The van der Waals surface area contributed by atoms with E-state index >= 15 is 0 Å². The summed E-state index contributed by atoms with van der Waals surface area (Å²) in [6.07, 6.45) is -0.271. The zero-order valence-electron chi connectivity index (χ0n) is 19.0. The normalized spacial score (nSPS) is 21.5. The molecule has 0 aliphatic carbocycles. The summed E-state index contributed by atoms with van der Waals surface area (Å²) in [4.78, 5) is 21.5. The quantitative estimate of drug-likeness (QED) is 0.631. The summed E-state index contributed by atoms with van der Waals surface area (Å²) in [6.45, 7) is 4.36. The van der Waals surface area contributed by atoms with Gasteiger partial charge < -0.3 is 28.6 Å². The molecule has 2 amide bonds. The van der Waals surface area contributed by atoms with Crippen LogP contribution in [0, 0.1) is 0 Å². The maximum atomic E-state index is 13.3. The van der Waals surface area contributed by atoms with E-state index in [1.807, 2.05) is 15.7 Å². The molecule has 186 valence electrons. The van der Waals surface area contributed by atoms with Crippen LogP contribution < -0.4 is 4.74 Å². The van der Waals surface area contributed by atoms with Gasteiger partial charge in [-0.15, -0.1) is 13.2 Å². The lowest BCUT2D eigenvalue weighted by Crippen LogP contribution is -2.52. The Morgan fingerprint density at radius 1 is 1.12 bits per heavy atom. The number of alkyl halides is 3. The number of halogens is 3. The molecule has 4 rings (SSSR count). The molecule has 0 bridgehead atoms. The SMILES string of the molecule is COCCn1cnc(C2CC(c3ccc(OC(F)(F)F)cc3)CN(C(=O)N3CCOCC3)C2)c1. The predicted octanol–water partition coefficient (Wildman–Crippen LogP) is 3.45. The van der Waals surface area contributed by atoms with Gasteiger partial charge in [-0.3, -0.25) is 0 Å². The number of rotatable bonds is 6. The average Bonchev–Trinajstić information content (AvgIpc) is 3.31. The molecule has 2 aliphatic rings. The lowest BCUT2D eigenvalue weighted by atomic mass is 9.83. The van der Waals surface area contributed by atoms with Gasteiger partial charge in [0.1, 0.15) is 5.75 Å². The van der Waals surface area contributed by atoms with E-state index in [0.29, 0.717) is 52.5 Å². The van der Waals surface area contributed by atoms with Crippen LogP contribution in [0.1, 0.15) is 29.5 Å². The van der Waals surface area contributed by atoms with Gasteiger partial charge in [0.2, 0.25) is 0 Å². The Morgan fingerprint density at radius 3 is 2.50 bits per heavy atom. The van der Waals surface area contributed by atoms with E-state index in [1.165, 1.54) is 12.1 Å². The summed E-state index contributed by atoms with van der Waals surface area (Å²) < 4.78 is 54.1. The summed E-state index contributed by atoms with van der Waals surface area (Å²) in [5, 5.41) is 0. The number of carbonyl (C=O) groups is 1. The van der Waals surface area contributed by atoms with Crippen LogP contribution in [-0.4, -0.2) is 84.9 Å². The van der Waals surface area contributed by atoms with Crippen LogP contribution in [0.2, 0.25) is 0 Å². The van der Waals surface area contributed by atoms with E-state index in [2.05, 4.69) is 9.72 Å². The van der Waals surface area contributed by atoms with E-state index in [-0.39, 0.29) is 23.6 Å². The molecule has 2 aliphatic heterocycles. The first-order chi connectivity index (χ1) is 16.3. The molecular formula is C23H29F3N4O4. The van der Waals surface area contributed by atoms with Crippen molar-refractivity contribution in [1.29, 1.82) is 0 Å². The summed E-state index contributed by atoms with van der Waals surface area (Å²) in [5.74, 6) is -0.312. The van der Waals surface area contributed by atoms with E-state index in [1.54, 1.807) is 30.5 Å². The lowest BCUT2D eigenvalue weighted by molar-refractivity contribution is -0.274. The molecule has 2 unspecified atom stereocenters. The maximum absolute atomic E-state index is 13.3. The third kappa shape index (κ3) is 6.20. The van der Waals surface area contributed by atoms with Gasteiger partial charge in [-0.25, -0.2) is 9.78 Å². The highest BCUT2D eigenvalue weighted by atomic mass is 19.4. The highest BCUT2D eigenvalue weighted by Gasteiger charge is 2.35. The number of imidazole rings is 1. The van der Waals surface area contributed by atoms with Crippen molar-refractivity contribution in [3.8, 4) is 5.75 Å². The van der Waals surface area contributed by atoms with Crippen molar-refractivity contribution in [3.63, 3.8) is 0 Å². The average molecular weight is 483 g/mol. The Balaban J connectivity index is 1.54. The molecule has 0 N–H and O–H groups in total. The first kappa shape index (κ1) is 24.3. The summed E-state index contributed by atoms with van der Waals surface area (Å²) in [5.41, 5.74) is 1.75. The van der Waals surface area contributed by atoms with Crippen molar-refractivity contribution in [2.75, 3.05) is 53.1 Å². The topological polar surface area (TPSA) is 69.1 Å². The molecule has 11 heteroatoms. The van der Waals surface area contributed by atoms with Gasteiger partial charge >= 0.3 is 12.4 Å². The maximum Gasteiger partial charge on any atom is 0.573 e. The first-order valence-electron chi connectivity index (χ1n) is 11.3. The zero-order chi connectivity index (χ0) is 24.1. The van der Waals surface area contributed by atoms with E-state index in [9.17, 15) is 18.0 Å². The molecule has 0 saturated carbocycles. The van der Waals surface area contributed by atoms with Crippen LogP contribution in [0.5, 0.6) is 5.75 Å². The number of hydrogen-bond acceptors (Lipinski definition) is 5. The van der Waals surface area contributed by atoms with Gasteiger partial charge in [0.15, 0.2) is 0 Å². The molecule has 34 heavy (non-hydrogen) atoms. The molecule has 2 saturated heterocycles. The number of morpholine rings is 1. The lowest BCUT2D eigenvalue weighted by Gasteiger charge is -2.40. The summed E-state index contributed by atoms with van der Waals surface area (Å²) >= 11 is 0. The number of carbonyl (C=O) groups excluding carboxylic acids is 1. The van der Waals surface area contributed by atoms with Crippen molar-refractivity contribution in [2.24, 2.45) is 0 Å². The molecule has 3 heterocycles. The number of urea groups is 1. The number of methoxy groups -OCH3 is 1. The standard InChI is InChI=1S/C23H29F3N4O4/c1-32-9-6-28-15-21(27-16-28)19-12-18(17-2-4-20(5-3-17)34-23(24,25)26)13-30(14-19)22(31)29-7-10-33-11-8-29/h2-5,15-16,18-19H,6-14H2,1H3. The van der Waals surface area contributed by atoms with Crippen molar-refractivity contribution >= 4 is 6.03 Å². The van der Waals surface area contributed by atoms with Crippen LogP contribution in [-0.2, 0) is 16.0 Å². The number of nitrogens with zero attached hydrogens (tertiary/aromatic N) is 4. The Hall–Kier alpha value is -2.79. The van der Waals surface area contributed by atoms with Gasteiger partial charge in [0.25, 0.3) is 0 Å². The molecule has 8 nitrogen and oxygen atoms in total. The molecule has 0 spiro atoms. The second-order valence-electron chi connectivity index (χ2n) is 8.56. The number of ether oxygens (including phenoxy) is 3. The third-order valence-corrected chi connectivity index (χ3v) is 6.21. The number of aromatic nitrogens is 2. The van der Waals surface area contributed by atoms with Crippen molar-refractivity contribution in [1.82, 2.24) is 19.4 Å². The molecule has 1 aromatic heterocycles. The minimum absolute atomic E-state index is 0.00126. The minimum Gasteiger partial charge on any atom is -0.406 e. The summed E-state index contributed by atoms with van der Waals surface area (Å²) in [7, 11) is 1.64. The monoisotopic (exact) mass is 482 g/mol. The number of piperidine rings is 1. The highest BCUT2D eigenvalue weighted by molar-refractivity contribution is 5.75. The number of amides is 2. The Kier molecular flexibility index (Phi) is 7.62. The fourth-order valence-electron chi connectivity index (χ4n) is 4.51. The second-order valence-corrected chi connectivity index (χ2v) is 8.56. The van der Waals surface area contributed by atoms with E-state index in [0.717, 1.165) is 17.7 Å². The van der Waals surface area contributed by atoms with Crippen molar-refractivity contribution < 1.29 is 32.2 Å². The zero-order valence-corrected chi connectivity index (χ0v) is 19.0. The van der Waals surface area contributed by atoms with Gasteiger partial charge in [-0.05, 0) is 24.1 Å². The molecule has 0 radical (unpaired) electrons. The minimum atomic E-state index is -4.74. The fourth-order valence-corrected chi connectivity index (χ4v) is 4.51. The van der Waals surface area contributed by atoms with Crippen LogP contribution in [0.3, 0.4) is 0 Å². The molecule has 2 atom stereocenters.